The number of fused-ring (bicyclic) bond motifs is 1. The van der Waals surface area contributed by atoms with E-state index in [-0.39, 0.29) is 22.3 Å². The van der Waals surface area contributed by atoms with Crippen molar-refractivity contribution in [2.45, 2.75) is 11.3 Å². The second-order valence-electron chi connectivity index (χ2n) is 5.65. The first-order valence-electron chi connectivity index (χ1n) is 7.29. The number of carboxylic acids is 1. The van der Waals surface area contributed by atoms with E-state index in [1.54, 1.807) is 12.1 Å². The highest BCUT2D eigenvalue weighted by atomic mass is 32.2. The minimum atomic E-state index is -3.32. The van der Waals surface area contributed by atoms with Crippen molar-refractivity contribution < 1.29 is 18.3 Å². The van der Waals surface area contributed by atoms with E-state index in [0.717, 1.165) is 6.26 Å². The Kier molecular flexibility index (Phi) is 4.13. The number of H-pyrrole nitrogens is 1. The molecule has 2 aromatic carbocycles. The molecule has 0 aliphatic carbocycles. The van der Waals surface area contributed by atoms with Crippen LogP contribution < -0.4 is 5.56 Å². The van der Waals surface area contributed by atoms with Gasteiger partial charge in [-0.05, 0) is 35.9 Å². The van der Waals surface area contributed by atoms with Crippen molar-refractivity contribution in [2.24, 2.45) is 0 Å². The number of aromatic nitrogens is 2. The maximum Gasteiger partial charge on any atom is 0.335 e. The van der Waals surface area contributed by atoms with Crippen LogP contribution in [0.15, 0.2) is 52.2 Å². The number of sulfone groups is 1. The van der Waals surface area contributed by atoms with Crippen molar-refractivity contribution >= 4 is 26.7 Å². The Bertz CT molecular complexity index is 1150. The molecule has 0 aliphatic heterocycles. The first kappa shape index (κ1) is 16.8. The second-order valence-corrected chi connectivity index (χ2v) is 7.66. The molecular formula is C17H14N2O5S. The summed E-state index contributed by atoms with van der Waals surface area (Å²) in [6.45, 7) is 0. The molecule has 0 radical (unpaired) electrons. The van der Waals surface area contributed by atoms with E-state index in [4.69, 9.17) is 5.11 Å². The molecule has 1 heterocycles. The summed E-state index contributed by atoms with van der Waals surface area (Å²) in [5.74, 6) is -0.755. The summed E-state index contributed by atoms with van der Waals surface area (Å²) in [5.41, 5.74) is 0.631. The van der Waals surface area contributed by atoms with Crippen LogP contribution in [0.3, 0.4) is 0 Å². The Hall–Kier alpha value is -3.00. The van der Waals surface area contributed by atoms with Crippen LogP contribution in [0.2, 0.25) is 0 Å². The number of nitrogens with zero attached hydrogens (tertiary/aromatic N) is 1. The van der Waals surface area contributed by atoms with Crippen molar-refractivity contribution in [3.8, 4) is 0 Å². The van der Waals surface area contributed by atoms with E-state index < -0.39 is 21.4 Å². The highest BCUT2D eigenvalue weighted by molar-refractivity contribution is 7.90. The topological polar surface area (TPSA) is 117 Å². The molecule has 0 unspecified atom stereocenters. The fraction of sp³-hybridized carbons (Fsp3) is 0.118. The lowest BCUT2D eigenvalue weighted by Gasteiger charge is -2.06. The normalized spacial score (nSPS) is 11.6. The molecule has 0 amide bonds. The van der Waals surface area contributed by atoms with Crippen molar-refractivity contribution in [3.63, 3.8) is 0 Å². The lowest BCUT2D eigenvalue weighted by atomic mass is 10.1. The molecule has 0 saturated carbocycles. The number of rotatable bonds is 4. The van der Waals surface area contributed by atoms with Crippen molar-refractivity contribution in [3.05, 3.63) is 69.8 Å². The third-order valence-electron chi connectivity index (χ3n) is 3.70. The van der Waals surface area contributed by atoms with E-state index in [0.29, 0.717) is 16.9 Å². The first-order valence-corrected chi connectivity index (χ1v) is 9.18. The quantitative estimate of drug-likeness (QED) is 0.732. The molecule has 3 aromatic rings. The number of carbonyl (C=O) groups is 1. The highest BCUT2D eigenvalue weighted by Crippen LogP contribution is 2.15. The van der Waals surface area contributed by atoms with Crippen molar-refractivity contribution in [1.82, 2.24) is 9.97 Å². The monoisotopic (exact) mass is 358 g/mol. The van der Waals surface area contributed by atoms with Crippen LogP contribution in [0.25, 0.3) is 10.9 Å². The Balaban J connectivity index is 2.02. The van der Waals surface area contributed by atoms with Crippen LogP contribution in [-0.2, 0) is 16.3 Å². The molecule has 8 heteroatoms. The van der Waals surface area contributed by atoms with Gasteiger partial charge in [0, 0.05) is 12.7 Å². The Morgan fingerprint density at radius 3 is 2.64 bits per heavy atom. The summed E-state index contributed by atoms with van der Waals surface area (Å²) in [6, 6.07) is 10.5. The van der Waals surface area contributed by atoms with E-state index in [1.807, 2.05) is 0 Å². The zero-order chi connectivity index (χ0) is 18.2. The maximum absolute atomic E-state index is 12.2. The molecule has 0 bridgehead atoms. The fourth-order valence-electron chi connectivity index (χ4n) is 2.48. The summed E-state index contributed by atoms with van der Waals surface area (Å²) >= 11 is 0. The van der Waals surface area contributed by atoms with E-state index >= 15 is 0 Å². The van der Waals surface area contributed by atoms with Gasteiger partial charge in [0.25, 0.3) is 5.56 Å². The maximum atomic E-state index is 12.2. The smallest absolute Gasteiger partial charge is 0.335 e. The third-order valence-corrected chi connectivity index (χ3v) is 4.81. The summed E-state index contributed by atoms with van der Waals surface area (Å²) in [5, 5.41) is 9.18. The van der Waals surface area contributed by atoms with Crippen LogP contribution >= 0.6 is 0 Å². The van der Waals surface area contributed by atoms with Crippen LogP contribution in [0.1, 0.15) is 21.7 Å². The zero-order valence-electron chi connectivity index (χ0n) is 13.2. The molecule has 0 fully saturated rings. The van der Waals surface area contributed by atoms with Gasteiger partial charge in [-0.2, -0.15) is 0 Å². The fourth-order valence-corrected chi connectivity index (χ4v) is 3.17. The molecule has 3 rings (SSSR count). The summed E-state index contributed by atoms with van der Waals surface area (Å²) < 4.78 is 23.3. The summed E-state index contributed by atoms with van der Waals surface area (Å²) in [6.07, 6.45) is 1.37. The van der Waals surface area contributed by atoms with Gasteiger partial charge in [0.1, 0.15) is 5.82 Å². The largest absolute Gasteiger partial charge is 0.478 e. The number of aromatic carboxylic acids is 1. The Morgan fingerprint density at radius 1 is 1.20 bits per heavy atom. The van der Waals surface area contributed by atoms with Gasteiger partial charge in [-0.1, -0.05) is 12.1 Å². The van der Waals surface area contributed by atoms with E-state index in [9.17, 15) is 18.0 Å². The van der Waals surface area contributed by atoms with Gasteiger partial charge in [-0.3, -0.25) is 4.79 Å². The van der Waals surface area contributed by atoms with Crippen molar-refractivity contribution in [1.29, 1.82) is 0 Å². The predicted octanol–water partition coefficient (Wildman–Crippen LogP) is 1.62. The van der Waals surface area contributed by atoms with Gasteiger partial charge >= 0.3 is 5.97 Å². The molecule has 0 saturated heterocycles. The van der Waals surface area contributed by atoms with Gasteiger partial charge in [0.15, 0.2) is 9.84 Å². The van der Waals surface area contributed by atoms with Gasteiger partial charge in [-0.25, -0.2) is 18.2 Å². The van der Waals surface area contributed by atoms with Crippen LogP contribution in [0.5, 0.6) is 0 Å². The van der Waals surface area contributed by atoms with Gasteiger partial charge in [0.2, 0.25) is 0 Å². The van der Waals surface area contributed by atoms with Crippen LogP contribution in [-0.4, -0.2) is 35.7 Å². The molecular weight excluding hydrogens is 344 g/mol. The number of benzene rings is 2. The molecule has 0 aliphatic rings. The molecule has 25 heavy (non-hydrogen) atoms. The minimum Gasteiger partial charge on any atom is -0.478 e. The first-order chi connectivity index (χ1) is 11.7. The number of nitrogens with one attached hydrogen (secondary N) is 1. The number of hydrogen-bond donors (Lipinski definition) is 2. The van der Waals surface area contributed by atoms with Gasteiger partial charge < -0.3 is 10.1 Å². The standard InChI is InChI=1S/C17H14N2O5S/c1-25(23,24)12-4-2-3-10(7-12)8-15-18-14-6-5-11(17(21)22)9-13(14)16(20)19-15/h2-7,9H,8H2,1H3,(H,21,22)(H,18,19,20). The van der Waals surface area contributed by atoms with Crippen LogP contribution in [0.4, 0.5) is 0 Å². The van der Waals surface area contributed by atoms with Gasteiger partial charge in [-0.15, -0.1) is 0 Å². The van der Waals surface area contributed by atoms with Crippen LogP contribution in [0, 0.1) is 0 Å². The lowest BCUT2D eigenvalue weighted by molar-refractivity contribution is 0.0697. The highest BCUT2D eigenvalue weighted by Gasteiger charge is 2.11. The molecule has 2 N–H and O–H groups in total. The number of hydrogen-bond acceptors (Lipinski definition) is 5. The number of carboxylic acid groups (broad SMARTS) is 1. The lowest BCUT2D eigenvalue weighted by Crippen LogP contribution is -2.13. The summed E-state index contributed by atoms with van der Waals surface area (Å²) in [7, 11) is -3.32. The molecule has 0 atom stereocenters. The molecule has 7 nitrogen and oxygen atoms in total. The Labute approximate surface area is 142 Å². The minimum absolute atomic E-state index is 0.00778. The average Bonchev–Trinajstić information content (AvgIpc) is 2.54. The third kappa shape index (κ3) is 3.58. The number of aromatic amines is 1. The Morgan fingerprint density at radius 2 is 1.96 bits per heavy atom. The molecule has 1 aromatic heterocycles. The average molecular weight is 358 g/mol. The molecule has 128 valence electrons. The molecule has 0 spiro atoms. The van der Waals surface area contributed by atoms with Gasteiger partial charge in [0.05, 0.1) is 21.4 Å². The van der Waals surface area contributed by atoms with Crippen molar-refractivity contribution in [2.75, 3.05) is 6.26 Å². The van der Waals surface area contributed by atoms with E-state index in [1.165, 1.54) is 30.3 Å². The SMILES string of the molecule is CS(=O)(=O)c1cccc(Cc2nc3ccc(C(=O)O)cc3c(=O)[nH]2)c1. The zero-order valence-corrected chi connectivity index (χ0v) is 14.0. The van der Waals surface area contributed by atoms with E-state index in [2.05, 4.69) is 9.97 Å². The summed E-state index contributed by atoms with van der Waals surface area (Å²) in [4.78, 5) is 30.3. The second kappa shape index (κ2) is 6.14. The predicted molar refractivity (Wildman–Crippen MR) is 91.7 cm³/mol.